The van der Waals surface area contributed by atoms with E-state index < -0.39 is 10.8 Å². The van der Waals surface area contributed by atoms with Crippen LogP contribution in [0.2, 0.25) is 5.02 Å². The predicted molar refractivity (Wildman–Crippen MR) is 137 cm³/mol. The Hall–Kier alpha value is -3.49. The molecule has 1 heterocycles. The molecule has 0 aromatic heterocycles. The SMILES string of the molecule is O=C(NC(=S)N1CCN(c2ccc(Cl)cc2[N+](=O)[O-])CC1)C(c1ccccc1)c1ccccc1. The van der Waals surface area contributed by atoms with Crippen LogP contribution in [0, 0.1) is 10.1 Å². The van der Waals surface area contributed by atoms with Crippen molar-refractivity contribution in [2.75, 3.05) is 31.1 Å². The molecule has 0 radical (unpaired) electrons. The molecule has 0 atom stereocenters. The van der Waals surface area contributed by atoms with Gasteiger partial charge in [0, 0.05) is 37.3 Å². The molecule has 0 spiro atoms. The van der Waals surface area contributed by atoms with Crippen LogP contribution in [-0.4, -0.2) is 47.0 Å². The third kappa shape index (κ3) is 5.35. The van der Waals surface area contributed by atoms with Crippen LogP contribution < -0.4 is 10.2 Å². The van der Waals surface area contributed by atoms with Crippen LogP contribution in [-0.2, 0) is 4.79 Å². The Kier molecular flexibility index (Phi) is 7.40. The molecule has 0 saturated carbocycles. The lowest BCUT2D eigenvalue weighted by Crippen LogP contribution is -2.53. The summed E-state index contributed by atoms with van der Waals surface area (Å²) in [5.74, 6) is -0.684. The van der Waals surface area contributed by atoms with Crippen LogP contribution in [0.5, 0.6) is 0 Å². The van der Waals surface area contributed by atoms with E-state index in [9.17, 15) is 14.9 Å². The normalized spacial score (nSPS) is 13.6. The number of nitro groups is 1. The monoisotopic (exact) mass is 494 g/mol. The van der Waals surface area contributed by atoms with Crippen molar-refractivity contribution in [2.24, 2.45) is 0 Å². The van der Waals surface area contributed by atoms with Crippen LogP contribution in [0.3, 0.4) is 0 Å². The topological polar surface area (TPSA) is 78.7 Å². The van der Waals surface area contributed by atoms with Gasteiger partial charge in [-0.05, 0) is 35.5 Å². The van der Waals surface area contributed by atoms with E-state index >= 15 is 0 Å². The second kappa shape index (κ2) is 10.6. The van der Waals surface area contributed by atoms with Crippen LogP contribution >= 0.6 is 23.8 Å². The quantitative estimate of drug-likeness (QED) is 0.317. The molecule has 3 aromatic carbocycles. The van der Waals surface area contributed by atoms with Gasteiger partial charge in [-0.15, -0.1) is 0 Å². The first kappa shape index (κ1) is 23.7. The van der Waals surface area contributed by atoms with Crippen molar-refractivity contribution in [3.63, 3.8) is 0 Å². The van der Waals surface area contributed by atoms with Crippen molar-refractivity contribution in [1.29, 1.82) is 0 Å². The summed E-state index contributed by atoms with van der Waals surface area (Å²) in [4.78, 5) is 28.2. The van der Waals surface area contributed by atoms with Gasteiger partial charge in [0.1, 0.15) is 5.69 Å². The molecule has 9 heteroatoms. The Bertz CT molecular complexity index is 1150. The van der Waals surface area contributed by atoms with Crippen molar-refractivity contribution in [1.82, 2.24) is 10.2 Å². The number of rotatable bonds is 5. The lowest BCUT2D eigenvalue weighted by atomic mass is 9.90. The van der Waals surface area contributed by atoms with Crippen molar-refractivity contribution < 1.29 is 9.72 Å². The molecule has 1 fully saturated rings. The number of anilines is 1. The van der Waals surface area contributed by atoms with Gasteiger partial charge >= 0.3 is 0 Å². The van der Waals surface area contributed by atoms with E-state index in [1.54, 1.807) is 12.1 Å². The fourth-order valence-corrected chi connectivity index (χ4v) is 4.55. The third-order valence-corrected chi connectivity index (χ3v) is 6.40. The van der Waals surface area contributed by atoms with E-state index in [-0.39, 0.29) is 11.6 Å². The molecular formula is C25H23ClN4O3S. The molecule has 1 amide bonds. The molecule has 34 heavy (non-hydrogen) atoms. The number of benzene rings is 3. The summed E-state index contributed by atoms with van der Waals surface area (Å²) in [5.41, 5.74) is 2.27. The summed E-state index contributed by atoms with van der Waals surface area (Å²) >= 11 is 11.5. The highest BCUT2D eigenvalue weighted by atomic mass is 35.5. The van der Waals surface area contributed by atoms with E-state index in [1.165, 1.54) is 6.07 Å². The highest BCUT2D eigenvalue weighted by molar-refractivity contribution is 7.80. The number of carbonyl (C=O) groups excluding carboxylic acids is 1. The highest BCUT2D eigenvalue weighted by Gasteiger charge is 2.28. The van der Waals surface area contributed by atoms with Gasteiger partial charge in [-0.2, -0.15) is 0 Å². The van der Waals surface area contributed by atoms with Crippen LogP contribution in [0.4, 0.5) is 11.4 Å². The van der Waals surface area contributed by atoms with E-state index in [1.807, 2.05) is 70.5 Å². The van der Waals surface area contributed by atoms with Gasteiger partial charge in [0.05, 0.1) is 10.8 Å². The second-order valence-electron chi connectivity index (χ2n) is 7.91. The Morgan fingerprint density at radius 1 is 0.941 bits per heavy atom. The maximum absolute atomic E-state index is 13.3. The average Bonchev–Trinajstić information content (AvgIpc) is 2.85. The van der Waals surface area contributed by atoms with Gasteiger partial charge in [-0.3, -0.25) is 14.9 Å². The standard InChI is InChI=1S/C25H23ClN4O3S/c26-20-11-12-21(22(17-20)30(32)33)28-13-15-29(16-14-28)25(34)27-24(31)23(18-7-3-1-4-8-18)19-9-5-2-6-10-19/h1-12,17,23H,13-16H2,(H,27,31,34). The van der Waals surface area contributed by atoms with Gasteiger partial charge in [0.15, 0.2) is 5.11 Å². The number of thiocarbonyl (C=S) groups is 1. The van der Waals surface area contributed by atoms with E-state index in [0.717, 1.165) is 11.1 Å². The zero-order chi connectivity index (χ0) is 24.1. The minimum absolute atomic E-state index is 0.0228. The number of hydrogen-bond donors (Lipinski definition) is 1. The number of nitrogens with zero attached hydrogens (tertiary/aromatic N) is 3. The molecule has 1 aliphatic rings. The number of nitro benzene ring substituents is 1. The highest BCUT2D eigenvalue weighted by Crippen LogP contribution is 2.31. The molecule has 1 N–H and O–H groups in total. The summed E-state index contributed by atoms with van der Waals surface area (Å²) in [7, 11) is 0. The van der Waals surface area contributed by atoms with E-state index in [2.05, 4.69) is 5.32 Å². The lowest BCUT2D eigenvalue weighted by molar-refractivity contribution is -0.384. The molecule has 0 bridgehead atoms. The Labute approximate surface area is 208 Å². The van der Waals surface area contributed by atoms with Gasteiger partial charge in [-0.25, -0.2) is 0 Å². The lowest BCUT2D eigenvalue weighted by Gasteiger charge is -2.37. The Morgan fingerprint density at radius 2 is 1.50 bits per heavy atom. The smallest absolute Gasteiger partial charge is 0.294 e. The van der Waals surface area contributed by atoms with Crippen molar-refractivity contribution >= 4 is 46.2 Å². The first-order valence-corrected chi connectivity index (χ1v) is 11.6. The average molecular weight is 495 g/mol. The van der Waals surface area contributed by atoms with Crippen molar-refractivity contribution in [2.45, 2.75) is 5.92 Å². The first-order valence-electron chi connectivity index (χ1n) is 10.8. The molecule has 0 aliphatic carbocycles. The Balaban J connectivity index is 1.43. The summed E-state index contributed by atoms with van der Waals surface area (Å²) < 4.78 is 0. The third-order valence-electron chi connectivity index (χ3n) is 5.80. The van der Waals surface area contributed by atoms with Crippen LogP contribution in [0.15, 0.2) is 78.9 Å². The number of amides is 1. The summed E-state index contributed by atoms with van der Waals surface area (Å²) in [6, 6.07) is 23.9. The first-order chi connectivity index (χ1) is 16.4. The van der Waals surface area contributed by atoms with E-state index in [0.29, 0.717) is 42.0 Å². The zero-order valence-corrected chi connectivity index (χ0v) is 19.8. The van der Waals surface area contributed by atoms with Crippen LogP contribution in [0.25, 0.3) is 0 Å². The van der Waals surface area contributed by atoms with Crippen molar-refractivity contribution in [3.05, 3.63) is 105 Å². The van der Waals surface area contributed by atoms with Gasteiger partial charge in [0.2, 0.25) is 5.91 Å². The molecule has 7 nitrogen and oxygen atoms in total. The second-order valence-corrected chi connectivity index (χ2v) is 8.74. The number of halogens is 1. The Morgan fingerprint density at radius 3 is 2.03 bits per heavy atom. The number of carbonyl (C=O) groups is 1. The fraction of sp³-hybridized carbons (Fsp3) is 0.200. The van der Waals surface area contributed by atoms with Crippen molar-refractivity contribution in [3.8, 4) is 0 Å². The number of nitrogens with one attached hydrogen (secondary N) is 1. The van der Waals surface area contributed by atoms with Gasteiger partial charge in [-0.1, -0.05) is 72.3 Å². The van der Waals surface area contributed by atoms with E-state index in [4.69, 9.17) is 23.8 Å². The number of piperazine rings is 1. The minimum Gasteiger partial charge on any atom is -0.362 e. The molecule has 4 rings (SSSR count). The molecule has 1 aliphatic heterocycles. The number of hydrogen-bond acceptors (Lipinski definition) is 5. The molecular weight excluding hydrogens is 472 g/mol. The van der Waals surface area contributed by atoms with Crippen LogP contribution in [0.1, 0.15) is 17.0 Å². The molecule has 174 valence electrons. The summed E-state index contributed by atoms with van der Waals surface area (Å²) in [6.07, 6.45) is 0. The minimum atomic E-state index is -0.488. The van der Waals surface area contributed by atoms with Gasteiger partial charge < -0.3 is 15.1 Å². The predicted octanol–water partition coefficient (Wildman–Crippen LogP) is 4.60. The molecule has 1 saturated heterocycles. The fourth-order valence-electron chi connectivity index (χ4n) is 4.10. The molecule has 3 aromatic rings. The maximum atomic E-state index is 13.3. The molecule has 0 unspecified atom stereocenters. The zero-order valence-electron chi connectivity index (χ0n) is 18.3. The van der Waals surface area contributed by atoms with Gasteiger partial charge in [0.25, 0.3) is 5.69 Å². The maximum Gasteiger partial charge on any atom is 0.294 e. The summed E-state index contributed by atoms with van der Waals surface area (Å²) in [5, 5.41) is 15.0. The largest absolute Gasteiger partial charge is 0.362 e. The summed E-state index contributed by atoms with van der Waals surface area (Å²) in [6.45, 7) is 2.11.